The maximum Gasteiger partial charge on any atom is 0.322 e. The van der Waals surface area contributed by atoms with Gasteiger partial charge in [-0.15, -0.1) is 6.58 Å². The largest absolute Gasteiger partial charge is 0.345 e. The quantitative estimate of drug-likeness (QED) is 0.573. The van der Waals surface area contributed by atoms with Crippen LogP contribution >= 0.6 is 0 Å². The smallest absolute Gasteiger partial charge is 0.322 e. The van der Waals surface area contributed by atoms with E-state index in [1.807, 2.05) is 29.0 Å². The molecule has 2 amide bonds. The van der Waals surface area contributed by atoms with Gasteiger partial charge in [0, 0.05) is 25.0 Å². The lowest BCUT2D eigenvalue weighted by atomic mass is 10.2. The predicted molar refractivity (Wildman–Crippen MR) is 106 cm³/mol. The van der Waals surface area contributed by atoms with Crippen molar-refractivity contribution in [1.29, 1.82) is 0 Å². The molecule has 1 N–H and O–H groups in total. The van der Waals surface area contributed by atoms with Crippen LogP contribution in [0.25, 0.3) is 0 Å². The zero-order valence-corrected chi connectivity index (χ0v) is 15.3. The van der Waals surface area contributed by atoms with E-state index in [1.54, 1.807) is 24.3 Å². The van der Waals surface area contributed by atoms with E-state index in [4.69, 9.17) is 0 Å². The molecule has 4 nitrogen and oxygen atoms in total. The molecule has 0 saturated carbocycles. The van der Waals surface area contributed by atoms with Crippen LogP contribution in [0.5, 0.6) is 0 Å². The maximum atomic E-state index is 13.8. The molecule has 0 fully saturated rings. The molecular weight excluding hydrogens is 360 g/mol. The molecule has 0 radical (unpaired) electrons. The fraction of sp³-hybridized carbons (Fsp3) is 0.136. The van der Waals surface area contributed by atoms with E-state index in [1.165, 1.54) is 29.2 Å². The van der Waals surface area contributed by atoms with E-state index in [9.17, 15) is 13.6 Å². The minimum Gasteiger partial charge on any atom is -0.345 e. The van der Waals surface area contributed by atoms with E-state index in [-0.39, 0.29) is 11.5 Å². The summed E-state index contributed by atoms with van der Waals surface area (Å²) in [6.07, 6.45) is 3.49. The first kappa shape index (κ1) is 19.4. The van der Waals surface area contributed by atoms with Gasteiger partial charge < -0.3 is 14.8 Å². The third-order valence-corrected chi connectivity index (χ3v) is 4.27. The number of carbonyl (C=O) groups is 1. The van der Waals surface area contributed by atoms with Crippen LogP contribution in [0.2, 0.25) is 0 Å². The van der Waals surface area contributed by atoms with Gasteiger partial charge in [0.1, 0.15) is 11.6 Å². The summed E-state index contributed by atoms with van der Waals surface area (Å²) in [7, 11) is 0. The van der Waals surface area contributed by atoms with Crippen LogP contribution in [0.4, 0.5) is 19.3 Å². The first-order chi connectivity index (χ1) is 13.6. The van der Waals surface area contributed by atoms with Gasteiger partial charge in [-0.05, 0) is 42.0 Å². The molecule has 0 aliphatic carbocycles. The number of rotatable bonds is 7. The van der Waals surface area contributed by atoms with Gasteiger partial charge in [-0.25, -0.2) is 13.6 Å². The van der Waals surface area contributed by atoms with Crippen LogP contribution in [0.1, 0.15) is 11.3 Å². The zero-order chi connectivity index (χ0) is 19.9. The second kappa shape index (κ2) is 8.99. The third kappa shape index (κ3) is 4.85. The van der Waals surface area contributed by atoms with Gasteiger partial charge in [0.05, 0.1) is 12.2 Å². The number of hydrogen-bond acceptors (Lipinski definition) is 1. The topological polar surface area (TPSA) is 37.3 Å². The van der Waals surface area contributed by atoms with E-state index in [0.29, 0.717) is 19.6 Å². The minimum absolute atomic E-state index is 0.122. The fourth-order valence-corrected chi connectivity index (χ4v) is 2.91. The number of para-hydroxylation sites is 1. The van der Waals surface area contributed by atoms with Crippen LogP contribution in [-0.4, -0.2) is 22.0 Å². The Hall–Kier alpha value is -3.41. The summed E-state index contributed by atoms with van der Waals surface area (Å²) in [5.41, 5.74) is 1.81. The SMILES string of the molecule is C=CCN(Cc1cccn1Cc1cccc(F)c1)C(=O)Nc1ccccc1F. The summed E-state index contributed by atoms with van der Waals surface area (Å²) in [6.45, 7) is 4.77. The monoisotopic (exact) mass is 381 g/mol. The van der Waals surface area contributed by atoms with Crippen molar-refractivity contribution in [3.63, 3.8) is 0 Å². The number of carbonyl (C=O) groups excluding carboxylic acids is 1. The Morgan fingerprint density at radius 1 is 1.11 bits per heavy atom. The Bertz CT molecular complexity index is 968. The Labute approximate surface area is 162 Å². The Balaban J connectivity index is 1.74. The van der Waals surface area contributed by atoms with Crippen molar-refractivity contribution in [2.45, 2.75) is 13.1 Å². The highest BCUT2D eigenvalue weighted by Crippen LogP contribution is 2.16. The molecule has 0 bridgehead atoms. The number of benzene rings is 2. The fourth-order valence-electron chi connectivity index (χ4n) is 2.91. The summed E-state index contributed by atoms with van der Waals surface area (Å²) < 4.78 is 29.2. The van der Waals surface area contributed by atoms with Crippen LogP contribution in [0, 0.1) is 11.6 Å². The van der Waals surface area contributed by atoms with Crippen molar-refractivity contribution in [3.05, 3.63) is 102 Å². The van der Waals surface area contributed by atoms with Gasteiger partial charge in [0.15, 0.2) is 0 Å². The highest BCUT2D eigenvalue weighted by Gasteiger charge is 2.16. The lowest BCUT2D eigenvalue weighted by Gasteiger charge is -2.23. The van der Waals surface area contributed by atoms with Gasteiger partial charge >= 0.3 is 6.03 Å². The standard InChI is InChI=1S/C22H21F2N3O/c1-2-12-27(22(28)25-21-11-4-3-10-20(21)24)16-19-9-6-13-26(19)15-17-7-5-8-18(23)14-17/h2-11,13-14H,1,12,15-16H2,(H,25,28). The van der Waals surface area contributed by atoms with E-state index in [0.717, 1.165) is 11.3 Å². The number of halogens is 2. The number of aromatic nitrogens is 1. The second-order valence-electron chi connectivity index (χ2n) is 6.34. The third-order valence-electron chi connectivity index (χ3n) is 4.27. The summed E-state index contributed by atoms with van der Waals surface area (Å²) in [6, 6.07) is 15.7. The molecule has 0 unspecified atom stereocenters. The highest BCUT2D eigenvalue weighted by atomic mass is 19.1. The number of nitrogens with one attached hydrogen (secondary N) is 1. The Morgan fingerprint density at radius 3 is 2.68 bits per heavy atom. The summed E-state index contributed by atoms with van der Waals surface area (Å²) >= 11 is 0. The molecule has 0 spiro atoms. The molecule has 3 rings (SSSR count). The molecule has 0 atom stereocenters. The first-order valence-electron chi connectivity index (χ1n) is 8.86. The molecular formula is C22H21F2N3O. The van der Waals surface area contributed by atoms with Crippen LogP contribution < -0.4 is 5.32 Å². The predicted octanol–water partition coefficient (Wildman–Crippen LogP) is 5.03. The summed E-state index contributed by atoms with van der Waals surface area (Å²) in [4.78, 5) is 14.2. The first-order valence-corrected chi connectivity index (χ1v) is 8.86. The van der Waals surface area contributed by atoms with Gasteiger partial charge in [0.2, 0.25) is 0 Å². The van der Waals surface area contributed by atoms with Crippen molar-refractivity contribution < 1.29 is 13.6 Å². The van der Waals surface area contributed by atoms with Crippen LogP contribution in [0.15, 0.2) is 79.5 Å². The van der Waals surface area contributed by atoms with Gasteiger partial charge in [0.25, 0.3) is 0 Å². The molecule has 2 aromatic carbocycles. The maximum absolute atomic E-state index is 13.8. The van der Waals surface area contributed by atoms with Gasteiger partial charge in [-0.3, -0.25) is 0 Å². The second-order valence-corrected chi connectivity index (χ2v) is 6.34. The molecule has 6 heteroatoms. The summed E-state index contributed by atoms with van der Waals surface area (Å²) in [5, 5.41) is 2.59. The molecule has 0 aliphatic heterocycles. The highest BCUT2D eigenvalue weighted by molar-refractivity contribution is 5.89. The lowest BCUT2D eigenvalue weighted by Crippen LogP contribution is -2.35. The molecule has 28 heavy (non-hydrogen) atoms. The zero-order valence-electron chi connectivity index (χ0n) is 15.3. The molecule has 1 aromatic heterocycles. The molecule has 144 valence electrons. The number of hydrogen-bond donors (Lipinski definition) is 1. The van der Waals surface area contributed by atoms with E-state index < -0.39 is 11.8 Å². The number of nitrogens with zero attached hydrogens (tertiary/aromatic N) is 2. The average molecular weight is 381 g/mol. The average Bonchev–Trinajstić information content (AvgIpc) is 3.10. The normalized spacial score (nSPS) is 10.5. The van der Waals surface area contributed by atoms with E-state index in [2.05, 4.69) is 11.9 Å². The number of urea groups is 1. The molecule has 3 aromatic rings. The number of amides is 2. The van der Waals surface area contributed by atoms with Crippen LogP contribution in [-0.2, 0) is 13.1 Å². The van der Waals surface area contributed by atoms with Crippen molar-refractivity contribution in [2.24, 2.45) is 0 Å². The lowest BCUT2D eigenvalue weighted by molar-refractivity contribution is 0.213. The Morgan fingerprint density at radius 2 is 1.93 bits per heavy atom. The van der Waals surface area contributed by atoms with Crippen LogP contribution in [0.3, 0.4) is 0 Å². The Kier molecular flexibility index (Phi) is 6.22. The van der Waals surface area contributed by atoms with Gasteiger partial charge in [-0.1, -0.05) is 30.3 Å². The van der Waals surface area contributed by atoms with Crippen molar-refractivity contribution in [3.8, 4) is 0 Å². The van der Waals surface area contributed by atoms with Crippen molar-refractivity contribution in [2.75, 3.05) is 11.9 Å². The van der Waals surface area contributed by atoms with Crippen molar-refractivity contribution in [1.82, 2.24) is 9.47 Å². The van der Waals surface area contributed by atoms with Crippen molar-refractivity contribution >= 4 is 11.7 Å². The molecule has 0 aliphatic rings. The number of anilines is 1. The minimum atomic E-state index is -0.496. The van der Waals surface area contributed by atoms with E-state index >= 15 is 0 Å². The molecule has 0 saturated heterocycles. The molecule has 1 heterocycles. The summed E-state index contributed by atoms with van der Waals surface area (Å²) in [5.74, 6) is -0.785. The van der Waals surface area contributed by atoms with Gasteiger partial charge in [-0.2, -0.15) is 0 Å².